The molecule has 0 aliphatic carbocycles. The Balaban J connectivity index is 2.88. The number of rotatable bonds is 3. The number of benzene rings is 1. The summed E-state index contributed by atoms with van der Waals surface area (Å²) in [6, 6.07) is 8.82. The molecule has 1 heteroatoms. The zero-order valence-corrected chi connectivity index (χ0v) is 9.09. The van der Waals surface area contributed by atoms with Gasteiger partial charge in [0.2, 0.25) is 0 Å². The van der Waals surface area contributed by atoms with Crippen molar-refractivity contribution in [2.45, 2.75) is 26.3 Å². The van der Waals surface area contributed by atoms with Gasteiger partial charge >= 0.3 is 0 Å². The number of hydrogen-bond donors (Lipinski definition) is 1. The fourth-order valence-corrected chi connectivity index (χ4v) is 1.39. The molecule has 0 aromatic heterocycles. The molecule has 0 saturated heterocycles. The van der Waals surface area contributed by atoms with Crippen LogP contribution >= 0.6 is 0 Å². The molecule has 1 atom stereocenters. The summed E-state index contributed by atoms with van der Waals surface area (Å²) in [6.45, 7) is 4.05. The maximum absolute atomic E-state index is 3.23. The minimum absolute atomic E-state index is 0.495. The van der Waals surface area contributed by atoms with E-state index in [1.54, 1.807) is 0 Å². The van der Waals surface area contributed by atoms with E-state index < -0.39 is 0 Å². The summed E-state index contributed by atoms with van der Waals surface area (Å²) in [4.78, 5) is 0. The topological polar surface area (TPSA) is 12.0 Å². The van der Waals surface area contributed by atoms with Gasteiger partial charge in [0.05, 0.1) is 0 Å². The second-order valence-corrected chi connectivity index (χ2v) is 3.43. The zero-order valence-electron chi connectivity index (χ0n) is 9.09. The predicted molar refractivity (Wildman–Crippen MR) is 61.2 cm³/mol. The molecule has 1 aromatic carbocycles. The Kier molecular flexibility index (Phi) is 4.22. The van der Waals surface area contributed by atoms with Crippen LogP contribution in [0.1, 0.15) is 25.0 Å². The summed E-state index contributed by atoms with van der Waals surface area (Å²) in [5.74, 6) is 6.07. The second-order valence-electron chi connectivity index (χ2n) is 3.43. The fraction of sp³-hybridized carbons (Fsp3) is 0.385. The van der Waals surface area contributed by atoms with Crippen molar-refractivity contribution in [2.75, 3.05) is 7.05 Å². The van der Waals surface area contributed by atoms with Crippen LogP contribution in [0.2, 0.25) is 0 Å². The monoisotopic (exact) mass is 187 g/mol. The largest absolute Gasteiger partial charge is 0.317 e. The van der Waals surface area contributed by atoms with Crippen LogP contribution in [-0.4, -0.2) is 13.1 Å². The zero-order chi connectivity index (χ0) is 10.4. The third-order valence-corrected chi connectivity index (χ3v) is 2.30. The Hall–Kier alpha value is -1.26. The van der Waals surface area contributed by atoms with Crippen molar-refractivity contribution in [1.82, 2.24) is 5.32 Å². The first-order valence-corrected chi connectivity index (χ1v) is 4.96. The highest BCUT2D eigenvalue weighted by atomic mass is 14.8. The van der Waals surface area contributed by atoms with E-state index >= 15 is 0 Å². The Bertz CT molecular complexity index is 344. The highest BCUT2D eigenvalue weighted by molar-refractivity contribution is 5.41. The minimum Gasteiger partial charge on any atom is -0.317 e. The average Bonchev–Trinajstić information content (AvgIpc) is 2.21. The Morgan fingerprint density at radius 1 is 1.36 bits per heavy atom. The SMILES string of the molecule is CC#Cc1ccccc1CC(C)NC. The molecule has 0 spiro atoms. The summed E-state index contributed by atoms with van der Waals surface area (Å²) < 4.78 is 0. The van der Waals surface area contributed by atoms with Crippen LogP contribution in [0.25, 0.3) is 0 Å². The quantitative estimate of drug-likeness (QED) is 0.715. The summed E-state index contributed by atoms with van der Waals surface area (Å²) >= 11 is 0. The summed E-state index contributed by atoms with van der Waals surface area (Å²) in [5.41, 5.74) is 2.47. The van der Waals surface area contributed by atoms with Gasteiger partial charge in [-0.15, -0.1) is 5.92 Å². The number of likely N-dealkylation sites (N-methyl/N-ethyl adjacent to an activating group) is 1. The highest BCUT2D eigenvalue weighted by Crippen LogP contribution is 2.09. The molecule has 0 fully saturated rings. The van der Waals surface area contributed by atoms with E-state index in [1.165, 1.54) is 5.56 Å². The van der Waals surface area contributed by atoms with E-state index in [9.17, 15) is 0 Å². The molecule has 0 amide bonds. The van der Waals surface area contributed by atoms with Gasteiger partial charge < -0.3 is 5.32 Å². The van der Waals surface area contributed by atoms with E-state index in [2.05, 4.69) is 42.3 Å². The molecule has 1 unspecified atom stereocenters. The Morgan fingerprint density at radius 2 is 2.07 bits per heavy atom. The van der Waals surface area contributed by atoms with Crippen LogP contribution in [0.3, 0.4) is 0 Å². The van der Waals surface area contributed by atoms with Crippen molar-refractivity contribution in [3.05, 3.63) is 35.4 Å². The molecule has 0 bridgehead atoms. The van der Waals surface area contributed by atoms with Gasteiger partial charge in [-0.1, -0.05) is 24.1 Å². The van der Waals surface area contributed by atoms with Crippen LogP contribution in [-0.2, 0) is 6.42 Å². The molecule has 1 N–H and O–H groups in total. The molecular weight excluding hydrogens is 170 g/mol. The molecule has 74 valence electrons. The standard InChI is InChI=1S/C13H17N/c1-4-7-12-8-5-6-9-13(12)10-11(2)14-3/h5-6,8-9,11,14H,10H2,1-3H3. The lowest BCUT2D eigenvalue weighted by atomic mass is 10.0. The van der Waals surface area contributed by atoms with Crippen LogP contribution in [0.15, 0.2) is 24.3 Å². The summed E-state index contributed by atoms with van der Waals surface area (Å²) in [6.07, 6.45) is 1.03. The highest BCUT2D eigenvalue weighted by Gasteiger charge is 2.03. The maximum atomic E-state index is 3.23. The molecule has 14 heavy (non-hydrogen) atoms. The van der Waals surface area contributed by atoms with Crippen molar-refractivity contribution in [1.29, 1.82) is 0 Å². The van der Waals surface area contributed by atoms with Crippen molar-refractivity contribution in [3.8, 4) is 11.8 Å². The minimum atomic E-state index is 0.495. The third kappa shape index (κ3) is 2.90. The first-order chi connectivity index (χ1) is 6.77. The Labute approximate surface area is 86.5 Å². The smallest absolute Gasteiger partial charge is 0.0277 e. The van der Waals surface area contributed by atoms with Crippen molar-refractivity contribution in [3.63, 3.8) is 0 Å². The average molecular weight is 187 g/mol. The lowest BCUT2D eigenvalue weighted by Crippen LogP contribution is -2.23. The van der Waals surface area contributed by atoms with Gasteiger partial charge in [0.25, 0.3) is 0 Å². The first-order valence-electron chi connectivity index (χ1n) is 4.96. The molecular formula is C13H17N. The van der Waals surface area contributed by atoms with Gasteiger partial charge in [-0.3, -0.25) is 0 Å². The van der Waals surface area contributed by atoms with Gasteiger partial charge in [-0.25, -0.2) is 0 Å². The van der Waals surface area contributed by atoms with Crippen molar-refractivity contribution < 1.29 is 0 Å². The molecule has 1 rings (SSSR count). The fourth-order valence-electron chi connectivity index (χ4n) is 1.39. The van der Waals surface area contributed by atoms with Gasteiger partial charge in [-0.05, 0) is 38.9 Å². The lowest BCUT2D eigenvalue weighted by molar-refractivity contribution is 0.608. The van der Waals surface area contributed by atoms with E-state index in [0.29, 0.717) is 6.04 Å². The summed E-state index contributed by atoms with van der Waals surface area (Å²) in [7, 11) is 1.98. The van der Waals surface area contributed by atoms with Gasteiger partial charge in [-0.2, -0.15) is 0 Å². The second kappa shape index (κ2) is 5.47. The third-order valence-electron chi connectivity index (χ3n) is 2.30. The number of nitrogens with one attached hydrogen (secondary N) is 1. The van der Waals surface area contributed by atoms with Crippen molar-refractivity contribution >= 4 is 0 Å². The molecule has 0 aliphatic rings. The molecule has 0 radical (unpaired) electrons. The molecule has 1 aromatic rings. The van der Waals surface area contributed by atoms with Gasteiger partial charge in [0.15, 0.2) is 0 Å². The van der Waals surface area contributed by atoms with Gasteiger partial charge in [0, 0.05) is 11.6 Å². The molecule has 0 aliphatic heterocycles. The molecule has 0 heterocycles. The summed E-state index contributed by atoms with van der Waals surface area (Å²) in [5, 5.41) is 3.23. The van der Waals surface area contributed by atoms with Crippen LogP contribution < -0.4 is 5.32 Å². The maximum Gasteiger partial charge on any atom is 0.0277 e. The van der Waals surface area contributed by atoms with Crippen LogP contribution in [0.4, 0.5) is 0 Å². The lowest BCUT2D eigenvalue weighted by Gasteiger charge is -2.11. The molecule has 1 nitrogen and oxygen atoms in total. The first kappa shape index (κ1) is 10.8. The normalized spacial score (nSPS) is 11.6. The van der Waals surface area contributed by atoms with Crippen LogP contribution in [0.5, 0.6) is 0 Å². The van der Waals surface area contributed by atoms with Crippen molar-refractivity contribution in [2.24, 2.45) is 0 Å². The van der Waals surface area contributed by atoms with E-state index in [1.807, 2.05) is 20.0 Å². The predicted octanol–water partition coefficient (Wildman–Crippen LogP) is 2.21. The Morgan fingerprint density at radius 3 is 2.71 bits per heavy atom. The van der Waals surface area contributed by atoms with Crippen LogP contribution in [0, 0.1) is 11.8 Å². The molecule has 0 saturated carbocycles. The number of hydrogen-bond acceptors (Lipinski definition) is 1. The van der Waals surface area contributed by atoms with E-state index in [4.69, 9.17) is 0 Å². The van der Waals surface area contributed by atoms with E-state index in [0.717, 1.165) is 12.0 Å². The van der Waals surface area contributed by atoms with Gasteiger partial charge in [0.1, 0.15) is 0 Å². The van der Waals surface area contributed by atoms with E-state index in [-0.39, 0.29) is 0 Å².